The van der Waals surface area contributed by atoms with Gasteiger partial charge >= 0.3 is 0 Å². The molecule has 4 heteroatoms. The second-order valence-corrected chi connectivity index (χ2v) is 9.68. The summed E-state index contributed by atoms with van der Waals surface area (Å²) in [4.78, 5) is 0. The lowest BCUT2D eigenvalue weighted by atomic mass is 9.95. The van der Waals surface area contributed by atoms with Crippen LogP contribution in [-0.4, -0.2) is 32.9 Å². The third kappa shape index (κ3) is 5.01. The zero-order valence-electron chi connectivity index (χ0n) is 11.8. The number of aliphatic hydroxyl groups is 1. The molecule has 0 radical (unpaired) electrons. The van der Waals surface area contributed by atoms with E-state index in [1.54, 1.807) is 0 Å². The highest BCUT2D eigenvalue weighted by molar-refractivity contribution is 8.77. The molecule has 3 unspecified atom stereocenters. The van der Waals surface area contributed by atoms with Crippen LogP contribution in [0.1, 0.15) is 54.4 Å². The van der Waals surface area contributed by atoms with E-state index in [0.717, 1.165) is 12.8 Å². The predicted molar refractivity (Wildman–Crippen MR) is 78.6 cm³/mol. The van der Waals surface area contributed by atoms with Gasteiger partial charge in [-0.25, -0.2) is 0 Å². The number of rotatable bonds is 1. The third-order valence-electron chi connectivity index (χ3n) is 2.81. The second kappa shape index (κ2) is 5.72. The van der Waals surface area contributed by atoms with Gasteiger partial charge in [-0.1, -0.05) is 28.5 Å². The molecule has 1 aliphatic rings. The molecular formula is C13H26O2S2. The Bertz CT molecular complexity index is 248. The Balaban J connectivity index is 2.81. The molecule has 1 rings (SSSR count). The Labute approximate surface area is 114 Å². The Morgan fingerprint density at radius 2 is 1.82 bits per heavy atom. The van der Waals surface area contributed by atoms with Gasteiger partial charge in [0.1, 0.15) is 0 Å². The maximum absolute atomic E-state index is 10.3. The van der Waals surface area contributed by atoms with Gasteiger partial charge in [0.2, 0.25) is 0 Å². The SMILES string of the molecule is CC1CCC(O)C(OC(C)(C)C)C(C)(C)SS1. The quantitative estimate of drug-likeness (QED) is 0.737. The van der Waals surface area contributed by atoms with Crippen molar-refractivity contribution in [1.29, 1.82) is 0 Å². The molecular weight excluding hydrogens is 252 g/mol. The second-order valence-electron chi connectivity index (χ2n) is 6.39. The molecule has 3 atom stereocenters. The lowest BCUT2D eigenvalue weighted by Gasteiger charge is -2.42. The fraction of sp³-hybridized carbons (Fsp3) is 1.00. The zero-order valence-corrected chi connectivity index (χ0v) is 13.5. The van der Waals surface area contributed by atoms with Crippen molar-refractivity contribution in [3.05, 3.63) is 0 Å². The summed E-state index contributed by atoms with van der Waals surface area (Å²) in [6, 6.07) is 0. The van der Waals surface area contributed by atoms with Crippen LogP contribution in [0, 0.1) is 0 Å². The van der Waals surface area contributed by atoms with E-state index in [2.05, 4.69) is 41.5 Å². The van der Waals surface area contributed by atoms with Crippen LogP contribution in [0.2, 0.25) is 0 Å². The normalized spacial score (nSPS) is 35.1. The summed E-state index contributed by atoms with van der Waals surface area (Å²) in [5.74, 6) is 0. The minimum absolute atomic E-state index is 0.0634. The van der Waals surface area contributed by atoms with Crippen molar-refractivity contribution in [2.45, 2.75) is 82.2 Å². The Kier molecular flexibility index (Phi) is 5.28. The summed E-state index contributed by atoms with van der Waals surface area (Å²) in [5.41, 5.74) is -0.209. The molecule has 0 aromatic heterocycles. The summed E-state index contributed by atoms with van der Waals surface area (Å²) < 4.78 is 6.03. The van der Waals surface area contributed by atoms with Gasteiger partial charge in [0.25, 0.3) is 0 Å². The molecule has 102 valence electrons. The predicted octanol–water partition coefficient (Wildman–Crippen LogP) is 3.87. The number of aliphatic hydroxyl groups excluding tert-OH is 1. The first kappa shape index (κ1) is 15.7. The summed E-state index contributed by atoms with van der Waals surface area (Å²) in [6.07, 6.45) is 1.42. The van der Waals surface area contributed by atoms with Crippen molar-refractivity contribution >= 4 is 21.6 Å². The van der Waals surface area contributed by atoms with E-state index in [-0.39, 0.29) is 22.6 Å². The lowest BCUT2D eigenvalue weighted by molar-refractivity contribution is -0.123. The summed E-state index contributed by atoms with van der Waals surface area (Å²) in [6.45, 7) is 12.7. The van der Waals surface area contributed by atoms with Crippen LogP contribution >= 0.6 is 21.6 Å². The van der Waals surface area contributed by atoms with Crippen LogP contribution < -0.4 is 0 Å². The van der Waals surface area contributed by atoms with Crippen LogP contribution in [0.3, 0.4) is 0 Å². The van der Waals surface area contributed by atoms with Crippen LogP contribution in [0.15, 0.2) is 0 Å². The molecule has 2 nitrogen and oxygen atoms in total. The Morgan fingerprint density at radius 3 is 2.35 bits per heavy atom. The van der Waals surface area contributed by atoms with Gasteiger partial charge in [0.05, 0.1) is 17.8 Å². The van der Waals surface area contributed by atoms with Gasteiger partial charge in [0.15, 0.2) is 0 Å². The van der Waals surface area contributed by atoms with Crippen LogP contribution in [0.5, 0.6) is 0 Å². The van der Waals surface area contributed by atoms with Crippen molar-refractivity contribution in [3.8, 4) is 0 Å². The molecule has 0 aromatic carbocycles. The third-order valence-corrected chi connectivity index (χ3v) is 6.70. The highest BCUT2D eigenvalue weighted by atomic mass is 33.1. The number of ether oxygens (including phenoxy) is 1. The number of hydrogen-bond donors (Lipinski definition) is 1. The van der Waals surface area contributed by atoms with Gasteiger partial charge in [0, 0.05) is 10.00 Å². The van der Waals surface area contributed by atoms with Crippen molar-refractivity contribution in [2.75, 3.05) is 0 Å². The monoisotopic (exact) mass is 278 g/mol. The molecule has 1 heterocycles. The van der Waals surface area contributed by atoms with Gasteiger partial charge in [-0.05, 0) is 47.5 Å². The molecule has 1 N–H and O–H groups in total. The molecule has 0 bridgehead atoms. The minimum Gasteiger partial charge on any atom is -0.390 e. The van der Waals surface area contributed by atoms with E-state index in [0.29, 0.717) is 5.25 Å². The average Bonchev–Trinajstić information content (AvgIpc) is 2.17. The maximum Gasteiger partial charge on any atom is 0.0990 e. The van der Waals surface area contributed by atoms with Crippen molar-refractivity contribution < 1.29 is 9.84 Å². The molecule has 1 aliphatic heterocycles. The maximum atomic E-state index is 10.3. The average molecular weight is 278 g/mol. The molecule has 0 amide bonds. The minimum atomic E-state index is -0.361. The van der Waals surface area contributed by atoms with E-state index in [1.165, 1.54) is 0 Å². The van der Waals surface area contributed by atoms with Crippen molar-refractivity contribution in [2.24, 2.45) is 0 Å². The van der Waals surface area contributed by atoms with Crippen molar-refractivity contribution in [1.82, 2.24) is 0 Å². The van der Waals surface area contributed by atoms with Crippen LogP contribution in [0.4, 0.5) is 0 Å². The van der Waals surface area contributed by atoms with Gasteiger partial charge in [-0.3, -0.25) is 0 Å². The van der Waals surface area contributed by atoms with Crippen LogP contribution in [-0.2, 0) is 4.74 Å². The summed E-state index contributed by atoms with van der Waals surface area (Å²) in [5, 5.41) is 10.9. The topological polar surface area (TPSA) is 29.5 Å². The van der Waals surface area contributed by atoms with E-state index < -0.39 is 0 Å². The molecule has 0 aromatic rings. The van der Waals surface area contributed by atoms with E-state index in [9.17, 15) is 5.11 Å². The molecule has 1 saturated heterocycles. The first-order valence-corrected chi connectivity index (χ1v) is 8.53. The zero-order chi connectivity index (χ0) is 13.3. The number of hydrogen-bond acceptors (Lipinski definition) is 4. The Morgan fingerprint density at radius 1 is 1.24 bits per heavy atom. The molecule has 0 spiro atoms. The highest BCUT2D eigenvalue weighted by Crippen LogP contribution is 2.46. The fourth-order valence-electron chi connectivity index (χ4n) is 1.92. The standard InChI is InChI=1S/C13H26O2S2/c1-9-7-8-10(14)11(15-12(2,3)4)13(5,6)17-16-9/h9-11,14H,7-8H2,1-6H3. The van der Waals surface area contributed by atoms with Gasteiger partial charge in [-0.2, -0.15) is 0 Å². The lowest BCUT2D eigenvalue weighted by Crippen LogP contribution is -2.48. The smallest absolute Gasteiger partial charge is 0.0990 e. The molecule has 1 fully saturated rings. The highest BCUT2D eigenvalue weighted by Gasteiger charge is 2.40. The first-order chi connectivity index (χ1) is 7.62. The summed E-state index contributed by atoms with van der Waals surface area (Å²) in [7, 11) is 3.76. The first-order valence-electron chi connectivity index (χ1n) is 6.32. The van der Waals surface area contributed by atoms with E-state index in [4.69, 9.17) is 4.74 Å². The molecule has 0 saturated carbocycles. The van der Waals surface area contributed by atoms with Gasteiger partial charge in [-0.15, -0.1) is 0 Å². The Hall–Kier alpha value is 0.620. The van der Waals surface area contributed by atoms with Gasteiger partial charge < -0.3 is 9.84 Å². The van der Waals surface area contributed by atoms with Crippen LogP contribution in [0.25, 0.3) is 0 Å². The fourth-order valence-corrected chi connectivity index (χ4v) is 4.68. The largest absolute Gasteiger partial charge is 0.390 e. The molecule has 0 aliphatic carbocycles. The summed E-state index contributed by atoms with van der Waals surface area (Å²) >= 11 is 0. The van der Waals surface area contributed by atoms with E-state index in [1.807, 2.05) is 21.6 Å². The molecule has 17 heavy (non-hydrogen) atoms. The van der Waals surface area contributed by atoms with Crippen molar-refractivity contribution in [3.63, 3.8) is 0 Å². The van der Waals surface area contributed by atoms with E-state index >= 15 is 0 Å².